The maximum Gasteiger partial charge on any atom is 0.327 e. The number of nitrogens with one attached hydrogen (secondary N) is 1. The van der Waals surface area contributed by atoms with E-state index in [1.165, 1.54) is 31.2 Å². The quantitative estimate of drug-likeness (QED) is 0.506. The van der Waals surface area contributed by atoms with Gasteiger partial charge in [-0.1, -0.05) is 41.9 Å². The van der Waals surface area contributed by atoms with Gasteiger partial charge in [0.1, 0.15) is 6.04 Å². The summed E-state index contributed by atoms with van der Waals surface area (Å²) in [7, 11) is -4.11. The van der Waals surface area contributed by atoms with E-state index in [4.69, 9.17) is 16.3 Å². The smallest absolute Gasteiger partial charge is 0.327 e. The Hall–Kier alpha value is -2.26. The summed E-state index contributed by atoms with van der Waals surface area (Å²) in [6, 6.07) is 11.9. The fourth-order valence-corrected chi connectivity index (χ4v) is 3.51. The molecule has 0 saturated heterocycles. The Morgan fingerprint density at radius 2 is 1.70 bits per heavy atom. The minimum absolute atomic E-state index is 0.134. The lowest BCUT2D eigenvalue weighted by Gasteiger charge is -2.20. The first-order valence-electron chi connectivity index (χ1n) is 7.91. The van der Waals surface area contributed by atoms with Crippen molar-refractivity contribution in [2.45, 2.75) is 24.0 Å². The second-order valence-electron chi connectivity index (χ2n) is 5.69. The zero-order valence-corrected chi connectivity index (χ0v) is 15.9. The van der Waals surface area contributed by atoms with Gasteiger partial charge in [0.15, 0.2) is 12.4 Å². The summed E-state index contributed by atoms with van der Waals surface area (Å²) in [4.78, 5) is 24.1. The van der Waals surface area contributed by atoms with Crippen molar-refractivity contribution in [2.24, 2.45) is 0 Å². The molecule has 2 atom stereocenters. The van der Waals surface area contributed by atoms with Gasteiger partial charge in [0.25, 0.3) is 0 Å². The first-order valence-corrected chi connectivity index (χ1v) is 9.77. The highest BCUT2D eigenvalue weighted by molar-refractivity contribution is 7.89. The molecule has 2 N–H and O–H groups in total. The highest BCUT2D eigenvalue weighted by Gasteiger charge is 2.31. The van der Waals surface area contributed by atoms with E-state index in [9.17, 15) is 23.1 Å². The van der Waals surface area contributed by atoms with E-state index in [1.807, 2.05) is 0 Å². The molecule has 0 saturated carbocycles. The van der Waals surface area contributed by atoms with E-state index >= 15 is 0 Å². The van der Waals surface area contributed by atoms with Gasteiger partial charge >= 0.3 is 5.97 Å². The molecule has 0 aromatic heterocycles. The van der Waals surface area contributed by atoms with Crippen molar-refractivity contribution in [1.29, 1.82) is 0 Å². The molecular formula is C18H18ClNO6S. The molecule has 0 spiro atoms. The van der Waals surface area contributed by atoms with Crippen LogP contribution in [0.15, 0.2) is 59.5 Å². The Balaban J connectivity index is 2.06. The fourth-order valence-electron chi connectivity index (χ4n) is 2.13. The summed E-state index contributed by atoms with van der Waals surface area (Å²) in [5.41, 5.74) is 0.348. The summed E-state index contributed by atoms with van der Waals surface area (Å²) in [5.74, 6) is -1.51. The summed E-state index contributed by atoms with van der Waals surface area (Å²) in [5, 5.41) is 10.1. The van der Waals surface area contributed by atoms with Crippen LogP contribution >= 0.6 is 11.6 Å². The Morgan fingerprint density at radius 1 is 1.11 bits per heavy atom. The first-order chi connectivity index (χ1) is 12.7. The molecule has 0 amide bonds. The molecule has 2 aromatic rings. The van der Waals surface area contributed by atoms with Gasteiger partial charge in [-0.05, 0) is 31.2 Å². The number of hydrogen-bond donors (Lipinski definition) is 2. The molecule has 0 unspecified atom stereocenters. The number of aliphatic hydroxyl groups excluding tert-OH is 1. The Labute approximate surface area is 162 Å². The Kier molecular flexibility index (Phi) is 7.09. The van der Waals surface area contributed by atoms with Crippen molar-refractivity contribution in [3.63, 3.8) is 0 Å². The molecule has 0 heterocycles. The van der Waals surface area contributed by atoms with Gasteiger partial charge in [0.05, 0.1) is 11.0 Å². The molecule has 0 aliphatic heterocycles. The van der Waals surface area contributed by atoms with E-state index in [1.54, 1.807) is 30.3 Å². The van der Waals surface area contributed by atoms with Crippen molar-refractivity contribution in [3.8, 4) is 0 Å². The molecule has 0 aliphatic rings. The van der Waals surface area contributed by atoms with Gasteiger partial charge in [0, 0.05) is 10.6 Å². The van der Waals surface area contributed by atoms with Crippen molar-refractivity contribution in [1.82, 2.24) is 4.72 Å². The lowest BCUT2D eigenvalue weighted by Crippen LogP contribution is -2.48. The standard InChI is InChI=1S/C18H18ClNO6S/c1-12(21)17(20-27(24,25)15-9-7-14(19)8-10-15)18(23)26-11-16(22)13-5-3-2-4-6-13/h2-10,12,17,20-21H,11H2,1H3/t12-,17-/m0/s1. The molecule has 2 rings (SSSR count). The van der Waals surface area contributed by atoms with Crippen LogP contribution in [0.4, 0.5) is 0 Å². The minimum Gasteiger partial charge on any atom is -0.456 e. The molecule has 0 bridgehead atoms. The van der Waals surface area contributed by atoms with Gasteiger partial charge in [0.2, 0.25) is 10.0 Å². The summed E-state index contributed by atoms with van der Waals surface area (Å²) in [6.07, 6.45) is -1.38. The molecular weight excluding hydrogens is 394 g/mol. The molecule has 0 aliphatic carbocycles. The number of Topliss-reactive ketones (excluding diaryl/α,β-unsaturated/α-hetero) is 1. The summed E-state index contributed by atoms with van der Waals surface area (Å²) < 4.78 is 31.7. The number of benzene rings is 2. The van der Waals surface area contributed by atoms with E-state index < -0.39 is 40.5 Å². The second kappa shape index (κ2) is 9.09. The predicted octanol–water partition coefficient (Wildman–Crippen LogP) is 1.79. The number of rotatable bonds is 8. The maximum atomic E-state index is 12.4. The highest BCUT2D eigenvalue weighted by Crippen LogP contribution is 2.15. The number of hydrogen-bond acceptors (Lipinski definition) is 6. The van der Waals surface area contributed by atoms with Crippen LogP contribution in [0.1, 0.15) is 17.3 Å². The zero-order chi connectivity index (χ0) is 20.0. The van der Waals surface area contributed by atoms with Crippen LogP contribution in [0.3, 0.4) is 0 Å². The number of carbonyl (C=O) groups is 2. The number of halogens is 1. The highest BCUT2D eigenvalue weighted by atomic mass is 35.5. The third-order valence-electron chi connectivity index (χ3n) is 3.58. The summed E-state index contributed by atoms with van der Waals surface area (Å²) >= 11 is 5.73. The van der Waals surface area contributed by atoms with E-state index in [0.717, 1.165) is 0 Å². The Morgan fingerprint density at radius 3 is 2.26 bits per heavy atom. The first kappa shape index (κ1) is 21.0. The summed E-state index contributed by atoms with van der Waals surface area (Å²) in [6.45, 7) is 0.657. The topological polar surface area (TPSA) is 110 Å². The van der Waals surface area contributed by atoms with Crippen LogP contribution < -0.4 is 4.72 Å². The average Bonchev–Trinajstić information content (AvgIpc) is 2.64. The van der Waals surface area contributed by atoms with Gasteiger partial charge < -0.3 is 9.84 Å². The Bertz CT molecular complexity index is 897. The number of carbonyl (C=O) groups excluding carboxylic acids is 2. The minimum atomic E-state index is -4.11. The zero-order valence-electron chi connectivity index (χ0n) is 14.3. The van der Waals surface area contributed by atoms with Crippen LogP contribution in [-0.4, -0.2) is 44.0 Å². The van der Waals surface area contributed by atoms with Gasteiger partial charge in [-0.15, -0.1) is 0 Å². The molecule has 9 heteroatoms. The van der Waals surface area contributed by atoms with Crippen LogP contribution in [0.5, 0.6) is 0 Å². The van der Waals surface area contributed by atoms with Crippen molar-refractivity contribution >= 4 is 33.4 Å². The van der Waals surface area contributed by atoms with Crippen molar-refractivity contribution in [3.05, 3.63) is 65.2 Å². The van der Waals surface area contributed by atoms with Gasteiger partial charge in [-0.2, -0.15) is 4.72 Å². The number of aliphatic hydroxyl groups is 1. The number of ketones is 1. The predicted molar refractivity (Wildman–Crippen MR) is 99.0 cm³/mol. The second-order valence-corrected chi connectivity index (χ2v) is 7.84. The lowest BCUT2D eigenvalue weighted by atomic mass is 10.1. The van der Waals surface area contributed by atoms with Gasteiger partial charge in [-0.3, -0.25) is 9.59 Å². The van der Waals surface area contributed by atoms with E-state index in [2.05, 4.69) is 4.72 Å². The largest absolute Gasteiger partial charge is 0.456 e. The SMILES string of the molecule is C[C@H](O)[C@H](NS(=O)(=O)c1ccc(Cl)cc1)C(=O)OCC(=O)c1ccccc1. The molecule has 2 aromatic carbocycles. The van der Waals surface area contributed by atoms with Crippen LogP contribution in [-0.2, 0) is 19.6 Å². The van der Waals surface area contributed by atoms with Crippen molar-refractivity contribution < 1.29 is 27.9 Å². The number of ether oxygens (including phenoxy) is 1. The molecule has 7 nitrogen and oxygen atoms in total. The van der Waals surface area contributed by atoms with E-state index in [0.29, 0.717) is 10.6 Å². The van der Waals surface area contributed by atoms with Crippen LogP contribution in [0.25, 0.3) is 0 Å². The third-order valence-corrected chi connectivity index (χ3v) is 5.29. The van der Waals surface area contributed by atoms with E-state index in [-0.39, 0.29) is 4.90 Å². The fraction of sp³-hybridized carbons (Fsp3) is 0.222. The monoisotopic (exact) mass is 411 g/mol. The maximum absolute atomic E-state index is 12.4. The van der Waals surface area contributed by atoms with Crippen LogP contribution in [0.2, 0.25) is 5.02 Å². The normalized spacial score (nSPS) is 13.6. The third kappa shape index (κ3) is 5.86. The molecule has 27 heavy (non-hydrogen) atoms. The number of sulfonamides is 1. The lowest BCUT2D eigenvalue weighted by molar-refractivity contribution is -0.147. The molecule has 0 radical (unpaired) electrons. The van der Waals surface area contributed by atoms with Gasteiger partial charge in [-0.25, -0.2) is 8.42 Å². The molecule has 144 valence electrons. The van der Waals surface area contributed by atoms with Crippen LogP contribution in [0, 0.1) is 0 Å². The average molecular weight is 412 g/mol. The van der Waals surface area contributed by atoms with Crippen molar-refractivity contribution in [2.75, 3.05) is 6.61 Å². The molecule has 0 fully saturated rings. The number of esters is 1.